The maximum absolute atomic E-state index is 10.9. The lowest BCUT2D eigenvalue weighted by atomic mass is 10.00. The molecule has 0 saturated carbocycles. The van der Waals surface area contributed by atoms with E-state index >= 15 is 0 Å². The Hall–Kier alpha value is -1.06. The molecule has 86 valence electrons. The summed E-state index contributed by atoms with van der Waals surface area (Å²) in [6, 6.07) is 7.80. The number of halogens is 1. The molecule has 1 N–H and O–H groups in total. The third-order valence-corrected chi connectivity index (χ3v) is 3.37. The van der Waals surface area contributed by atoms with E-state index in [0.717, 1.165) is 5.56 Å². The van der Waals surface area contributed by atoms with Gasteiger partial charge in [0.1, 0.15) is 0 Å². The Morgan fingerprint density at radius 3 is 2.88 bits per heavy atom. The van der Waals surface area contributed by atoms with Gasteiger partial charge in [-0.15, -0.1) is 0 Å². The van der Waals surface area contributed by atoms with Crippen molar-refractivity contribution in [2.45, 2.75) is 12.5 Å². The van der Waals surface area contributed by atoms with Gasteiger partial charge >= 0.3 is 5.97 Å². The van der Waals surface area contributed by atoms with Gasteiger partial charge in [-0.25, -0.2) is 0 Å². The second-order valence-electron chi connectivity index (χ2n) is 4.28. The van der Waals surface area contributed by atoms with Gasteiger partial charge < -0.3 is 5.11 Å². The minimum absolute atomic E-state index is 0.166. The van der Waals surface area contributed by atoms with Crippen LogP contribution in [0.5, 0.6) is 0 Å². The number of carboxylic acids is 1. The fourth-order valence-corrected chi connectivity index (χ4v) is 2.48. The summed E-state index contributed by atoms with van der Waals surface area (Å²) in [5.41, 5.74) is 1.10. The molecule has 1 aromatic rings. The van der Waals surface area contributed by atoms with E-state index in [4.69, 9.17) is 16.7 Å². The predicted molar refractivity (Wildman–Crippen MR) is 62.6 cm³/mol. The van der Waals surface area contributed by atoms with E-state index < -0.39 is 5.97 Å². The van der Waals surface area contributed by atoms with E-state index in [0.29, 0.717) is 18.0 Å². The van der Waals surface area contributed by atoms with Crippen molar-refractivity contribution in [3.63, 3.8) is 0 Å². The fraction of sp³-hybridized carbons (Fsp3) is 0.417. The van der Waals surface area contributed by atoms with Crippen LogP contribution >= 0.6 is 11.6 Å². The molecule has 1 aliphatic heterocycles. The number of hydrogen-bond donors (Lipinski definition) is 1. The lowest BCUT2D eigenvalue weighted by Gasteiger charge is -2.19. The number of aliphatic carboxylic acids is 1. The topological polar surface area (TPSA) is 40.5 Å². The number of likely N-dealkylation sites (tertiary alicyclic amines) is 1. The average Bonchev–Trinajstić information content (AvgIpc) is 2.60. The summed E-state index contributed by atoms with van der Waals surface area (Å²) in [7, 11) is 1.95. The Labute approximate surface area is 99.6 Å². The highest BCUT2D eigenvalue weighted by molar-refractivity contribution is 6.30. The Bertz CT molecular complexity index is 408. The molecule has 1 heterocycles. The quantitative estimate of drug-likeness (QED) is 0.862. The minimum atomic E-state index is -0.712. The molecule has 2 unspecified atom stereocenters. The van der Waals surface area contributed by atoms with Crippen LogP contribution in [0.2, 0.25) is 5.02 Å². The molecule has 16 heavy (non-hydrogen) atoms. The summed E-state index contributed by atoms with van der Waals surface area (Å²) in [5, 5.41) is 9.70. The third-order valence-electron chi connectivity index (χ3n) is 3.13. The first-order valence-electron chi connectivity index (χ1n) is 5.26. The van der Waals surface area contributed by atoms with Crippen molar-refractivity contribution < 1.29 is 9.90 Å². The van der Waals surface area contributed by atoms with Crippen LogP contribution in [-0.4, -0.2) is 29.6 Å². The highest BCUT2D eigenvalue weighted by atomic mass is 35.5. The third kappa shape index (κ3) is 2.20. The van der Waals surface area contributed by atoms with Crippen LogP contribution in [0.3, 0.4) is 0 Å². The van der Waals surface area contributed by atoms with Crippen LogP contribution in [0, 0.1) is 5.92 Å². The highest BCUT2D eigenvalue weighted by Gasteiger charge is 2.34. The monoisotopic (exact) mass is 239 g/mol. The molecule has 1 aromatic carbocycles. The van der Waals surface area contributed by atoms with Crippen LogP contribution in [0.4, 0.5) is 0 Å². The number of carbonyl (C=O) groups is 1. The van der Waals surface area contributed by atoms with Gasteiger partial charge in [-0.3, -0.25) is 9.69 Å². The van der Waals surface area contributed by atoms with Crippen LogP contribution in [-0.2, 0) is 4.79 Å². The van der Waals surface area contributed by atoms with Crippen LogP contribution in [0.25, 0.3) is 0 Å². The van der Waals surface area contributed by atoms with E-state index in [1.165, 1.54) is 0 Å². The molecular formula is C12H14ClNO2. The number of rotatable bonds is 2. The first-order valence-corrected chi connectivity index (χ1v) is 5.64. The molecule has 1 saturated heterocycles. The molecule has 3 nitrogen and oxygen atoms in total. The summed E-state index contributed by atoms with van der Waals surface area (Å²) in [5.74, 6) is -0.981. The molecular weight excluding hydrogens is 226 g/mol. The average molecular weight is 240 g/mol. The van der Waals surface area contributed by atoms with E-state index in [1.54, 1.807) is 0 Å². The minimum Gasteiger partial charge on any atom is -0.481 e. The van der Waals surface area contributed by atoms with Crippen molar-refractivity contribution >= 4 is 17.6 Å². The standard InChI is InChI=1S/C12H14ClNO2/c1-14-7-9(12(15)16)6-11(14)8-3-2-4-10(13)5-8/h2-5,9,11H,6-7H2,1H3,(H,15,16). The van der Waals surface area contributed by atoms with Crippen molar-refractivity contribution in [3.8, 4) is 0 Å². The van der Waals surface area contributed by atoms with Crippen molar-refractivity contribution in [1.82, 2.24) is 4.90 Å². The van der Waals surface area contributed by atoms with Crippen molar-refractivity contribution in [2.24, 2.45) is 5.92 Å². The Morgan fingerprint density at radius 1 is 1.56 bits per heavy atom. The second-order valence-corrected chi connectivity index (χ2v) is 4.72. The van der Waals surface area contributed by atoms with Gasteiger partial charge in [-0.2, -0.15) is 0 Å². The summed E-state index contributed by atoms with van der Waals surface area (Å²) in [4.78, 5) is 13.0. The van der Waals surface area contributed by atoms with Gasteiger partial charge in [0.2, 0.25) is 0 Å². The number of hydrogen-bond acceptors (Lipinski definition) is 2. The largest absolute Gasteiger partial charge is 0.481 e. The predicted octanol–water partition coefficient (Wildman–Crippen LogP) is 2.42. The molecule has 0 bridgehead atoms. The fourth-order valence-electron chi connectivity index (χ4n) is 2.28. The van der Waals surface area contributed by atoms with E-state index in [-0.39, 0.29) is 12.0 Å². The van der Waals surface area contributed by atoms with Gasteiger partial charge in [-0.05, 0) is 31.2 Å². The molecule has 2 rings (SSSR count). The number of carboxylic acid groups (broad SMARTS) is 1. The molecule has 0 amide bonds. The summed E-state index contributed by atoms with van der Waals surface area (Å²) in [6.07, 6.45) is 0.659. The van der Waals surface area contributed by atoms with Crippen molar-refractivity contribution in [3.05, 3.63) is 34.9 Å². The van der Waals surface area contributed by atoms with Crippen molar-refractivity contribution in [1.29, 1.82) is 0 Å². The maximum Gasteiger partial charge on any atom is 0.307 e. The molecule has 4 heteroatoms. The maximum atomic E-state index is 10.9. The molecule has 0 aliphatic carbocycles. The lowest BCUT2D eigenvalue weighted by molar-refractivity contribution is -0.141. The van der Waals surface area contributed by atoms with Crippen molar-refractivity contribution in [2.75, 3.05) is 13.6 Å². The molecule has 1 aliphatic rings. The van der Waals surface area contributed by atoms with Crippen LogP contribution in [0.15, 0.2) is 24.3 Å². The molecule has 2 atom stereocenters. The highest BCUT2D eigenvalue weighted by Crippen LogP contribution is 2.34. The smallest absolute Gasteiger partial charge is 0.307 e. The zero-order valence-corrected chi connectivity index (χ0v) is 9.81. The van der Waals surface area contributed by atoms with Gasteiger partial charge in [0, 0.05) is 17.6 Å². The summed E-state index contributed by atoms with van der Waals surface area (Å²) < 4.78 is 0. The molecule has 0 spiro atoms. The van der Waals surface area contributed by atoms with Gasteiger partial charge in [0.15, 0.2) is 0 Å². The Balaban J connectivity index is 2.19. The van der Waals surface area contributed by atoms with Crippen LogP contribution < -0.4 is 0 Å². The van der Waals surface area contributed by atoms with E-state index in [9.17, 15) is 4.79 Å². The van der Waals surface area contributed by atoms with Crippen LogP contribution in [0.1, 0.15) is 18.0 Å². The number of benzene rings is 1. The Morgan fingerprint density at radius 2 is 2.31 bits per heavy atom. The van der Waals surface area contributed by atoms with E-state index in [1.807, 2.05) is 31.3 Å². The SMILES string of the molecule is CN1CC(C(=O)O)CC1c1cccc(Cl)c1. The first-order chi connectivity index (χ1) is 7.58. The van der Waals surface area contributed by atoms with Gasteiger partial charge in [-0.1, -0.05) is 23.7 Å². The van der Waals surface area contributed by atoms with Gasteiger partial charge in [0.25, 0.3) is 0 Å². The second kappa shape index (κ2) is 4.44. The molecule has 0 radical (unpaired) electrons. The molecule has 1 fully saturated rings. The normalized spacial score (nSPS) is 25.9. The zero-order valence-electron chi connectivity index (χ0n) is 9.06. The number of nitrogens with zero attached hydrogens (tertiary/aromatic N) is 1. The first kappa shape index (κ1) is 11.4. The lowest BCUT2D eigenvalue weighted by Crippen LogP contribution is -2.20. The molecule has 0 aromatic heterocycles. The van der Waals surface area contributed by atoms with Gasteiger partial charge in [0.05, 0.1) is 5.92 Å². The van der Waals surface area contributed by atoms with E-state index in [2.05, 4.69) is 4.90 Å². The summed E-state index contributed by atoms with van der Waals surface area (Å²) in [6.45, 7) is 0.604. The zero-order chi connectivity index (χ0) is 11.7. The Kier molecular flexibility index (Phi) is 3.17. The summed E-state index contributed by atoms with van der Waals surface area (Å²) >= 11 is 5.94.